The van der Waals surface area contributed by atoms with Gasteiger partial charge in [-0.15, -0.1) is 16.4 Å². The first-order chi connectivity index (χ1) is 13.5. The van der Waals surface area contributed by atoms with Gasteiger partial charge in [-0.2, -0.15) is 0 Å². The summed E-state index contributed by atoms with van der Waals surface area (Å²) < 4.78 is 1.38. The summed E-state index contributed by atoms with van der Waals surface area (Å²) in [7, 11) is 0. The summed E-state index contributed by atoms with van der Waals surface area (Å²) in [5.41, 5.74) is 4.39. The third-order valence-electron chi connectivity index (χ3n) is 3.93. The summed E-state index contributed by atoms with van der Waals surface area (Å²) in [6.07, 6.45) is 5.89. The molecule has 0 aliphatic heterocycles. The summed E-state index contributed by atoms with van der Waals surface area (Å²) in [5.74, 6) is -0.373. The number of hydrogen-bond acceptors (Lipinski definition) is 8. The van der Waals surface area contributed by atoms with Gasteiger partial charge in [0, 0.05) is 10.6 Å². The van der Waals surface area contributed by atoms with E-state index in [4.69, 9.17) is 0 Å². The minimum absolute atomic E-state index is 0.258. The minimum Gasteiger partial charge on any atom is -0.296 e. The van der Waals surface area contributed by atoms with Crippen LogP contribution in [0, 0.1) is 20.8 Å². The van der Waals surface area contributed by atoms with Crippen LogP contribution in [0.4, 0.5) is 5.13 Å². The van der Waals surface area contributed by atoms with Crippen molar-refractivity contribution in [1.82, 2.24) is 34.9 Å². The third kappa shape index (κ3) is 3.49. The first kappa shape index (κ1) is 17.9. The van der Waals surface area contributed by atoms with Crippen molar-refractivity contribution in [2.45, 2.75) is 20.8 Å². The lowest BCUT2D eigenvalue weighted by Gasteiger charge is -2.04. The Morgan fingerprint density at radius 2 is 1.86 bits per heavy atom. The SMILES string of the molecule is Cc1cc(C)nc(-c2nc(NC(=O)c3cnnn3-c3cncnc3)sc2C)c1. The van der Waals surface area contributed by atoms with E-state index in [0.717, 1.165) is 27.5 Å². The van der Waals surface area contributed by atoms with E-state index in [1.165, 1.54) is 28.5 Å². The van der Waals surface area contributed by atoms with Crippen LogP contribution in [0.25, 0.3) is 17.1 Å². The highest BCUT2D eigenvalue weighted by atomic mass is 32.1. The number of anilines is 1. The molecule has 0 radical (unpaired) electrons. The monoisotopic (exact) mass is 392 g/mol. The highest BCUT2D eigenvalue weighted by Crippen LogP contribution is 2.30. The van der Waals surface area contributed by atoms with Crippen molar-refractivity contribution in [1.29, 1.82) is 0 Å². The maximum atomic E-state index is 12.7. The number of thiazole rings is 1. The Bertz CT molecular complexity index is 1130. The average molecular weight is 392 g/mol. The predicted octanol–water partition coefficient (Wildman–Crippen LogP) is 2.75. The van der Waals surface area contributed by atoms with Crippen LogP contribution < -0.4 is 5.32 Å². The number of carbonyl (C=O) groups excluding carboxylic acids is 1. The van der Waals surface area contributed by atoms with Gasteiger partial charge < -0.3 is 0 Å². The van der Waals surface area contributed by atoms with Crippen molar-refractivity contribution in [3.05, 3.63) is 58.9 Å². The molecule has 0 saturated heterocycles. The lowest BCUT2D eigenvalue weighted by molar-refractivity contribution is 0.101. The van der Waals surface area contributed by atoms with E-state index in [-0.39, 0.29) is 11.6 Å². The number of nitrogens with one attached hydrogen (secondary N) is 1. The first-order valence-corrected chi connectivity index (χ1v) is 9.23. The molecule has 4 heterocycles. The quantitative estimate of drug-likeness (QED) is 0.568. The van der Waals surface area contributed by atoms with E-state index in [1.54, 1.807) is 12.4 Å². The Morgan fingerprint density at radius 1 is 1.07 bits per heavy atom. The molecule has 0 aromatic carbocycles. The first-order valence-electron chi connectivity index (χ1n) is 8.42. The average Bonchev–Trinajstić information content (AvgIpc) is 3.28. The summed E-state index contributed by atoms with van der Waals surface area (Å²) in [6.45, 7) is 5.92. The van der Waals surface area contributed by atoms with E-state index in [0.29, 0.717) is 10.8 Å². The zero-order valence-corrected chi connectivity index (χ0v) is 16.2. The normalized spacial score (nSPS) is 10.8. The lowest BCUT2D eigenvalue weighted by Crippen LogP contribution is -2.17. The van der Waals surface area contributed by atoms with E-state index >= 15 is 0 Å². The number of aryl methyl sites for hydroxylation is 3. The highest BCUT2D eigenvalue weighted by molar-refractivity contribution is 7.16. The molecule has 0 spiro atoms. The number of amides is 1. The molecule has 1 amide bonds. The van der Waals surface area contributed by atoms with Gasteiger partial charge in [-0.3, -0.25) is 15.1 Å². The molecule has 1 N–H and O–H groups in total. The van der Waals surface area contributed by atoms with Gasteiger partial charge in [0.05, 0.1) is 24.3 Å². The summed E-state index contributed by atoms with van der Waals surface area (Å²) >= 11 is 1.39. The fraction of sp³-hybridized carbons (Fsp3) is 0.167. The van der Waals surface area contributed by atoms with Gasteiger partial charge in [0.25, 0.3) is 5.91 Å². The molecule has 28 heavy (non-hydrogen) atoms. The molecule has 140 valence electrons. The van der Waals surface area contributed by atoms with Crippen LogP contribution >= 0.6 is 11.3 Å². The van der Waals surface area contributed by atoms with Crippen molar-refractivity contribution in [2.75, 3.05) is 5.32 Å². The van der Waals surface area contributed by atoms with Gasteiger partial charge in [0.2, 0.25) is 0 Å². The number of rotatable bonds is 4. The molecule has 0 atom stereocenters. The fourth-order valence-electron chi connectivity index (χ4n) is 2.79. The van der Waals surface area contributed by atoms with Crippen LogP contribution in [0.3, 0.4) is 0 Å². The maximum Gasteiger partial charge on any atom is 0.277 e. The Balaban J connectivity index is 1.61. The smallest absolute Gasteiger partial charge is 0.277 e. The Kier molecular flexibility index (Phi) is 4.62. The van der Waals surface area contributed by atoms with E-state index in [9.17, 15) is 4.79 Å². The number of pyridine rings is 1. The standard InChI is InChI=1S/C18H16N8OS/c1-10-4-11(2)22-14(5-10)16-12(3)28-18(23-16)24-17(27)15-8-21-25-26(15)13-6-19-9-20-7-13/h4-9H,1-3H3,(H,23,24,27). The molecule has 4 rings (SSSR count). The van der Waals surface area contributed by atoms with E-state index in [1.807, 2.05) is 32.9 Å². The molecule has 0 aliphatic rings. The molecule has 0 bridgehead atoms. The highest BCUT2D eigenvalue weighted by Gasteiger charge is 2.18. The van der Waals surface area contributed by atoms with Crippen molar-refractivity contribution < 1.29 is 4.79 Å². The molecule has 10 heteroatoms. The molecule has 4 aromatic rings. The molecule has 0 unspecified atom stereocenters. The van der Waals surface area contributed by atoms with Crippen molar-refractivity contribution >= 4 is 22.4 Å². The van der Waals surface area contributed by atoms with Gasteiger partial charge >= 0.3 is 0 Å². The lowest BCUT2D eigenvalue weighted by atomic mass is 10.2. The van der Waals surface area contributed by atoms with Crippen molar-refractivity contribution in [3.63, 3.8) is 0 Å². The number of nitrogens with zero attached hydrogens (tertiary/aromatic N) is 7. The molecular weight excluding hydrogens is 376 g/mol. The molecule has 4 aromatic heterocycles. The second-order valence-corrected chi connectivity index (χ2v) is 7.38. The summed E-state index contributed by atoms with van der Waals surface area (Å²) in [4.78, 5) is 30.7. The molecule has 0 saturated carbocycles. The van der Waals surface area contributed by atoms with E-state index < -0.39 is 0 Å². The van der Waals surface area contributed by atoms with Crippen LogP contribution in [0.5, 0.6) is 0 Å². The topological polar surface area (TPSA) is 111 Å². The maximum absolute atomic E-state index is 12.7. The van der Waals surface area contributed by atoms with Gasteiger partial charge in [-0.25, -0.2) is 19.6 Å². The number of aromatic nitrogens is 7. The van der Waals surface area contributed by atoms with Gasteiger partial charge in [0.1, 0.15) is 17.7 Å². The van der Waals surface area contributed by atoms with E-state index in [2.05, 4.69) is 35.6 Å². The van der Waals surface area contributed by atoms with Crippen molar-refractivity contribution in [3.8, 4) is 17.1 Å². The zero-order valence-electron chi connectivity index (χ0n) is 15.4. The second-order valence-electron chi connectivity index (χ2n) is 6.18. The molecular formula is C18H16N8OS. The Labute approximate surface area is 164 Å². The van der Waals surface area contributed by atoms with Crippen LogP contribution in [0.1, 0.15) is 26.6 Å². The Morgan fingerprint density at radius 3 is 2.61 bits per heavy atom. The summed E-state index contributed by atoms with van der Waals surface area (Å²) in [6, 6.07) is 3.99. The predicted molar refractivity (Wildman–Crippen MR) is 104 cm³/mol. The zero-order chi connectivity index (χ0) is 19.7. The number of carbonyl (C=O) groups is 1. The minimum atomic E-state index is -0.373. The second kappa shape index (κ2) is 7.24. The van der Waals surface area contributed by atoms with Crippen LogP contribution in [-0.4, -0.2) is 40.8 Å². The Hall–Kier alpha value is -3.53. The molecule has 9 nitrogen and oxygen atoms in total. The largest absolute Gasteiger partial charge is 0.296 e. The number of hydrogen-bond donors (Lipinski definition) is 1. The van der Waals surface area contributed by atoms with Gasteiger partial charge in [-0.1, -0.05) is 5.21 Å². The van der Waals surface area contributed by atoms with Crippen LogP contribution in [-0.2, 0) is 0 Å². The molecule has 0 aliphatic carbocycles. The van der Waals surface area contributed by atoms with Crippen molar-refractivity contribution in [2.24, 2.45) is 0 Å². The summed E-state index contributed by atoms with van der Waals surface area (Å²) in [5, 5.41) is 11.1. The fourth-order valence-corrected chi connectivity index (χ4v) is 3.61. The molecule has 0 fully saturated rings. The van der Waals surface area contributed by atoms with Crippen LogP contribution in [0.15, 0.2) is 37.1 Å². The van der Waals surface area contributed by atoms with Gasteiger partial charge in [-0.05, 0) is 38.5 Å². The van der Waals surface area contributed by atoms with Gasteiger partial charge in [0.15, 0.2) is 10.8 Å². The van der Waals surface area contributed by atoms with Crippen LogP contribution in [0.2, 0.25) is 0 Å². The third-order valence-corrected chi connectivity index (χ3v) is 4.82.